The number of fused-ring (bicyclic) bond motifs is 1. The van der Waals surface area contributed by atoms with Crippen molar-refractivity contribution < 1.29 is 23.9 Å². The number of piperidine rings is 1. The van der Waals surface area contributed by atoms with Crippen molar-refractivity contribution in [2.24, 2.45) is 0 Å². The minimum absolute atomic E-state index is 0.0294. The van der Waals surface area contributed by atoms with E-state index < -0.39 is 5.91 Å². The Hall–Kier alpha value is -3.49. The van der Waals surface area contributed by atoms with Gasteiger partial charge in [0.05, 0.1) is 29.5 Å². The van der Waals surface area contributed by atoms with Crippen LogP contribution >= 0.6 is 11.6 Å². The van der Waals surface area contributed by atoms with Gasteiger partial charge in [-0.15, -0.1) is 0 Å². The summed E-state index contributed by atoms with van der Waals surface area (Å²) < 4.78 is 16.2. The molecule has 1 amide bonds. The third kappa shape index (κ3) is 4.22. The van der Waals surface area contributed by atoms with Crippen LogP contribution in [0.1, 0.15) is 24.2 Å². The molecule has 3 aromatic rings. The lowest BCUT2D eigenvalue weighted by atomic mass is 9.98. The molecule has 2 aromatic carbocycles. The van der Waals surface area contributed by atoms with Gasteiger partial charge in [-0.2, -0.15) is 0 Å². The molecule has 0 radical (unpaired) electrons. The van der Waals surface area contributed by atoms with E-state index in [4.69, 9.17) is 25.6 Å². The molecular weight excluding hydrogens is 458 g/mol. The molecule has 9 heteroatoms. The van der Waals surface area contributed by atoms with E-state index in [1.165, 1.54) is 13.2 Å². The molecule has 0 saturated carbocycles. The normalized spacial score (nSPS) is 17.9. The van der Waals surface area contributed by atoms with Crippen molar-refractivity contribution in [3.05, 3.63) is 58.8 Å². The van der Waals surface area contributed by atoms with Gasteiger partial charge in [-0.25, -0.2) is 0 Å². The standard InChI is InChI=1S/C25H24ClN3O5/c1-29-9-7-16(8-10-29)33-15-5-3-14(4-6-15)17-11-18-20(12-19(17)26)27-25(31)23(18)24(30)21-13-22(32-2)28-34-21/h3-6,11-13,16,30H,7-10H2,1-2H3,(H,27,31)/b24-23+. The molecule has 176 valence electrons. The van der Waals surface area contributed by atoms with Crippen LogP contribution in [0.25, 0.3) is 22.5 Å². The maximum atomic E-state index is 12.7. The highest BCUT2D eigenvalue weighted by Crippen LogP contribution is 2.42. The highest BCUT2D eigenvalue weighted by atomic mass is 35.5. The number of aliphatic hydroxyl groups is 1. The summed E-state index contributed by atoms with van der Waals surface area (Å²) in [7, 11) is 3.55. The van der Waals surface area contributed by atoms with E-state index >= 15 is 0 Å². The lowest BCUT2D eigenvalue weighted by molar-refractivity contribution is -0.110. The number of hydrogen-bond donors (Lipinski definition) is 2. The third-order valence-corrected chi connectivity index (χ3v) is 6.47. The topological polar surface area (TPSA) is 97.1 Å². The zero-order chi connectivity index (χ0) is 23.8. The highest BCUT2D eigenvalue weighted by molar-refractivity contribution is 6.38. The largest absolute Gasteiger partial charge is 0.504 e. The van der Waals surface area contributed by atoms with Crippen molar-refractivity contribution in [3.63, 3.8) is 0 Å². The van der Waals surface area contributed by atoms with Crippen molar-refractivity contribution in [3.8, 4) is 22.8 Å². The summed E-state index contributed by atoms with van der Waals surface area (Å²) in [5.41, 5.74) is 2.69. The quantitative estimate of drug-likeness (QED) is 0.397. The first kappa shape index (κ1) is 22.3. The summed E-state index contributed by atoms with van der Waals surface area (Å²) >= 11 is 6.55. The second kappa shape index (κ2) is 9.04. The molecule has 3 heterocycles. The Balaban J connectivity index is 1.44. The van der Waals surface area contributed by atoms with E-state index in [2.05, 4.69) is 22.4 Å². The molecule has 0 aliphatic carbocycles. The lowest BCUT2D eigenvalue weighted by Gasteiger charge is -2.29. The molecule has 0 atom stereocenters. The van der Waals surface area contributed by atoms with Crippen molar-refractivity contribution in [2.75, 3.05) is 32.6 Å². The van der Waals surface area contributed by atoms with E-state index in [1.54, 1.807) is 12.1 Å². The van der Waals surface area contributed by atoms with Gasteiger partial charge in [0, 0.05) is 24.2 Å². The average Bonchev–Trinajstić information content (AvgIpc) is 3.44. The predicted molar refractivity (Wildman–Crippen MR) is 129 cm³/mol. The van der Waals surface area contributed by atoms with Gasteiger partial charge in [-0.1, -0.05) is 23.7 Å². The molecule has 2 aliphatic heterocycles. The second-order valence-corrected chi connectivity index (χ2v) is 8.84. The average molecular weight is 482 g/mol. The molecule has 1 fully saturated rings. The molecule has 0 bridgehead atoms. The number of aliphatic hydroxyl groups excluding tert-OH is 1. The number of nitrogens with one attached hydrogen (secondary N) is 1. The lowest BCUT2D eigenvalue weighted by Crippen LogP contribution is -2.35. The van der Waals surface area contributed by atoms with E-state index in [-0.39, 0.29) is 29.1 Å². The summed E-state index contributed by atoms with van der Waals surface area (Å²) in [6, 6.07) is 12.6. The maximum absolute atomic E-state index is 12.7. The van der Waals surface area contributed by atoms with Gasteiger partial charge in [-0.05, 0) is 54.9 Å². The Bertz CT molecular complexity index is 1260. The van der Waals surface area contributed by atoms with Crippen molar-refractivity contribution >= 4 is 34.5 Å². The van der Waals surface area contributed by atoms with Gasteiger partial charge in [0.1, 0.15) is 11.9 Å². The highest BCUT2D eigenvalue weighted by Gasteiger charge is 2.31. The number of methoxy groups -OCH3 is 1. The van der Waals surface area contributed by atoms with Gasteiger partial charge in [0.15, 0.2) is 5.76 Å². The van der Waals surface area contributed by atoms with Crippen molar-refractivity contribution in [1.82, 2.24) is 10.1 Å². The Morgan fingerprint density at radius 3 is 2.59 bits per heavy atom. The predicted octanol–water partition coefficient (Wildman–Crippen LogP) is 4.86. The molecule has 1 saturated heterocycles. The molecule has 8 nitrogen and oxygen atoms in total. The summed E-state index contributed by atoms with van der Waals surface area (Å²) in [6.07, 6.45) is 2.23. The number of aromatic nitrogens is 1. The Kier molecular flexibility index (Phi) is 5.93. The number of ether oxygens (including phenoxy) is 2. The van der Waals surface area contributed by atoms with Gasteiger partial charge in [-0.3, -0.25) is 4.79 Å². The first-order valence-corrected chi connectivity index (χ1v) is 11.4. The van der Waals surface area contributed by atoms with Crippen LogP contribution in [-0.2, 0) is 4.79 Å². The fourth-order valence-electron chi connectivity index (χ4n) is 4.25. The number of halogens is 1. The van der Waals surface area contributed by atoms with E-state index in [1.807, 2.05) is 24.3 Å². The number of carbonyl (C=O) groups is 1. The minimum Gasteiger partial charge on any atom is -0.504 e. The number of rotatable bonds is 5. The molecule has 5 rings (SSSR count). The molecule has 2 aliphatic rings. The number of carbonyl (C=O) groups excluding carboxylic acids is 1. The van der Waals surface area contributed by atoms with Crippen LogP contribution in [0.4, 0.5) is 5.69 Å². The van der Waals surface area contributed by atoms with Crippen LogP contribution in [-0.4, -0.2) is 54.4 Å². The summed E-state index contributed by atoms with van der Waals surface area (Å²) in [4.78, 5) is 15.0. The first-order chi connectivity index (χ1) is 16.4. The number of nitrogens with zero attached hydrogens (tertiary/aromatic N) is 2. The van der Waals surface area contributed by atoms with Crippen LogP contribution in [0.5, 0.6) is 11.6 Å². The van der Waals surface area contributed by atoms with Crippen LogP contribution in [0.3, 0.4) is 0 Å². The van der Waals surface area contributed by atoms with E-state index in [0.29, 0.717) is 16.3 Å². The molecule has 0 unspecified atom stereocenters. The minimum atomic E-state index is -0.460. The van der Waals surface area contributed by atoms with Crippen LogP contribution < -0.4 is 14.8 Å². The number of likely N-dealkylation sites (tertiary alicyclic amines) is 1. The Morgan fingerprint density at radius 2 is 1.91 bits per heavy atom. The maximum Gasteiger partial charge on any atom is 0.260 e. The van der Waals surface area contributed by atoms with Gasteiger partial charge in [0.25, 0.3) is 11.8 Å². The molecule has 2 N–H and O–H groups in total. The molecule has 1 aromatic heterocycles. The molecule has 34 heavy (non-hydrogen) atoms. The number of hydrogen-bond acceptors (Lipinski definition) is 7. The number of anilines is 1. The van der Waals surface area contributed by atoms with Crippen molar-refractivity contribution in [2.45, 2.75) is 18.9 Å². The van der Waals surface area contributed by atoms with Gasteiger partial charge < -0.3 is 29.3 Å². The Labute approximate surface area is 201 Å². The first-order valence-electron chi connectivity index (χ1n) is 11.0. The smallest absolute Gasteiger partial charge is 0.260 e. The number of amides is 1. The summed E-state index contributed by atoms with van der Waals surface area (Å²) in [5, 5.41) is 17.7. The number of benzene rings is 2. The van der Waals surface area contributed by atoms with Crippen LogP contribution in [0.15, 0.2) is 47.0 Å². The summed E-state index contributed by atoms with van der Waals surface area (Å²) in [6.45, 7) is 2.06. The molecular formula is C25H24ClN3O5. The SMILES string of the molecule is COc1cc(/C(O)=C2\C(=O)Nc3cc(Cl)c(-c4ccc(OC5CCN(C)CC5)cc4)cc32)on1. The monoisotopic (exact) mass is 481 g/mol. The van der Waals surface area contributed by atoms with Crippen LogP contribution in [0, 0.1) is 0 Å². The van der Waals surface area contributed by atoms with E-state index in [9.17, 15) is 9.90 Å². The van der Waals surface area contributed by atoms with Crippen LogP contribution in [0.2, 0.25) is 5.02 Å². The summed E-state index contributed by atoms with van der Waals surface area (Å²) in [5.74, 6) is 0.243. The fourth-order valence-corrected chi connectivity index (χ4v) is 4.52. The van der Waals surface area contributed by atoms with Crippen molar-refractivity contribution in [1.29, 1.82) is 0 Å². The third-order valence-electron chi connectivity index (χ3n) is 6.15. The zero-order valence-corrected chi connectivity index (χ0v) is 19.6. The molecule has 0 spiro atoms. The fraction of sp³-hybridized carbons (Fsp3) is 0.280. The van der Waals surface area contributed by atoms with Gasteiger partial charge in [0.2, 0.25) is 5.76 Å². The Morgan fingerprint density at radius 1 is 1.18 bits per heavy atom. The van der Waals surface area contributed by atoms with Gasteiger partial charge >= 0.3 is 0 Å². The second-order valence-electron chi connectivity index (χ2n) is 8.43. The zero-order valence-electron chi connectivity index (χ0n) is 18.8. The van der Waals surface area contributed by atoms with E-state index in [0.717, 1.165) is 42.8 Å².